The van der Waals surface area contributed by atoms with E-state index in [2.05, 4.69) is 5.32 Å². The fourth-order valence-electron chi connectivity index (χ4n) is 6.05. The zero-order chi connectivity index (χ0) is 19.9. The van der Waals surface area contributed by atoms with Crippen LogP contribution in [0.15, 0.2) is 29.2 Å². The minimum Gasteiger partial charge on any atom is -0.349 e. The summed E-state index contributed by atoms with van der Waals surface area (Å²) < 4.78 is 27.4. The smallest absolute Gasteiger partial charge is 0.243 e. The van der Waals surface area contributed by atoms with E-state index in [0.717, 1.165) is 37.0 Å². The number of rotatable bonds is 7. The van der Waals surface area contributed by atoms with Gasteiger partial charge in [-0.25, -0.2) is 8.42 Å². The second kappa shape index (κ2) is 7.62. The predicted molar refractivity (Wildman–Crippen MR) is 110 cm³/mol. The van der Waals surface area contributed by atoms with Gasteiger partial charge in [0.1, 0.15) is 0 Å². The molecule has 0 saturated heterocycles. The molecule has 0 radical (unpaired) electrons. The first kappa shape index (κ1) is 20.2. The van der Waals surface area contributed by atoms with E-state index in [1.807, 2.05) is 6.92 Å². The maximum Gasteiger partial charge on any atom is 0.243 e. The SMILES string of the molecule is CCCN(CC(=O)NC12CC3CC(CC(C3)C1)C2)S(=O)(=O)c1ccc(Cl)cc1. The average Bonchev–Trinajstić information content (AvgIpc) is 2.60. The topological polar surface area (TPSA) is 66.5 Å². The minimum absolute atomic E-state index is 0.103. The predicted octanol–water partition coefficient (Wildman–Crippen LogP) is 3.83. The number of carbonyl (C=O) groups is 1. The van der Waals surface area contributed by atoms with Crippen molar-refractivity contribution >= 4 is 27.5 Å². The number of benzene rings is 1. The highest BCUT2D eigenvalue weighted by Crippen LogP contribution is 2.55. The van der Waals surface area contributed by atoms with Crippen molar-refractivity contribution < 1.29 is 13.2 Å². The van der Waals surface area contributed by atoms with Gasteiger partial charge in [0, 0.05) is 17.1 Å². The summed E-state index contributed by atoms with van der Waals surface area (Å²) in [5.41, 5.74) is -0.103. The summed E-state index contributed by atoms with van der Waals surface area (Å²) in [6.07, 6.45) is 7.75. The molecule has 0 aliphatic heterocycles. The summed E-state index contributed by atoms with van der Waals surface area (Å²) in [5, 5.41) is 3.77. The third kappa shape index (κ3) is 3.96. The molecule has 7 heteroatoms. The number of hydrogen-bond donors (Lipinski definition) is 1. The van der Waals surface area contributed by atoms with Crippen molar-refractivity contribution in [2.75, 3.05) is 13.1 Å². The lowest BCUT2D eigenvalue weighted by Crippen LogP contribution is -2.61. The van der Waals surface area contributed by atoms with Crippen molar-refractivity contribution in [3.63, 3.8) is 0 Å². The van der Waals surface area contributed by atoms with Gasteiger partial charge in [0.05, 0.1) is 11.4 Å². The van der Waals surface area contributed by atoms with Crippen LogP contribution < -0.4 is 5.32 Å². The summed E-state index contributed by atoms with van der Waals surface area (Å²) in [4.78, 5) is 13.1. The van der Waals surface area contributed by atoms with Gasteiger partial charge in [0.25, 0.3) is 0 Å². The van der Waals surface area contributed by atoms with E-state index in [-0.39, 0.29) is 22.9 Å². The molecule has 4 aliphatic carbocycles. The second-order valence-electron chi connectivity index (χ2n) is 9.04. The van der Waals surface area contributed by atoms with E-state index in [4.69, 9.17) is 11.6 Å². The van der Waals surface area contributed by atoms with E-state index in [9.17, 15) is 13.2 Å². The van der Waals surface area contributed by atoms with Gasteiger partial charge in [-0.05, 0) is 87.0 Å². The highest BCUT2D eigenvalue weighted by atomic mass is 35.5. The molecule has 1 N–H and O–H groups in total. The molecular weight excluding hydrogens is 396 g/mol. The first-order chi connectivity index (χ1) is 13.3. The number of amides is 1. The van der Waals surface area contributed by atoms with Crippen molar-refractivity contribution in [3.8, 4) is 0 Å². The fourth-order valence-corrected chi connectivity index (χ4v) is 7.66. The van der Waals surface area contributed by atoms with Crippen LogP contribution in [0.5, 0.6) is 0 Å². The van der Waals surface area contributed by atoms with E-state index < -0.39 is 10.0 Å². The molecule has 1 amide bonds. The normalized spacial score (nSPS) is 31.3. The van der Waals surface area contributed by atoms with Gasteiger partial charge in [0.2, 0.25) is 15.9 Å². The van der Waals surface area contributed by atoms with E-state index in [1.165, 1.54) is 35.7 Å². The number of sulfonamides is 1. The first-order valence-corrected chi connectivity index (χ1v) is 12.2. The van der Waals surface area contributed by atoms with Crippen LogP contribution >= 0.6 is 11.6 Å². The summed E-state index contributed by atoms with van der Waals surface area (Å²) in [7, 11) is -3.73. The summed E-state index contributed by atoms with van der Waals surface area (Å²) in [6.45, 7) is 2.11. The Labute approximate surface area is 172 Å². The zero-order valence-corrected chi connectivity index (χ0v) is 17.9. The van der Waals surface area contributed by atoms with Crippen LogP contribution in [-0.4, -0.2) is 37.3 Å². The van der Waals surface area contributed by atoms with Gasteiger partial charge in [-0.15, -0.1) is 0 Å². The molecule has 4 aliphatic rings. The molecule has 0 aromatic heterocycles. The van der Waals surface area contributed by atoms with Crippen LogP contribution in [0.25, 0.3) is 0 Å². The monoisotopic (exact) mass is 424 g/mol. The van der Waals surface area contributed by atoms with Crippen LogP contribution in [0.2, 0.25) is 5.02 Å². The molecule has 5 nitrogen and oxygen atoms in total. The number of nitrogens with zero attached hydrogens (tertiary/aromatic N) is 1. The highest BCUT2D eigenvalue weighted by Gasteiger charge is 2.51. The second-order valence-corrected chi connectivity index (χ2v) is 11.4. The highest BCUT2D eigenvalue weighted by molar-refractivity contribution is 7.89. The molecule has 1 aromatic carbocycles. The molecule has 0 unspecified atom stereocenters. The van der Waals surface area contributed by atoms with Crippen molar-refractivity contribution in [1.29, 1.82) is 0 Å². The molecule has 4 bridgehead atoms. The quantitative estimate of drug-likeness (QED) is 0.723. The van der Waals surface area contributed by atoms with Crippen LogP contribution in [0.3, 0.4) is 0 Å². The maximum absolute atomic E-state index is 13.0. The molecule has 0 heterocycles. The van der Waals surface area contributed by atoms with Gasteiger partial charge in [-0.1, -0.05) is 18.5 Å². The first-order valence-electron chi connectivity index (χ1n) is 10.4. The molecule has 5 rings (SSSR count). The number of nitrogens with one attached hydrogen (secondary N) is 1. The van der Waals surface area contributed by atoms with Crippen molar-refractivity contribution in [2.24, 2.45) is 17.8 Å². The molecule has 4 fully saturated rings. The lowest BCUT2D eigenvalue weighted by atomic mass is 9.53. The molecule has 28 heavy (non-hydrogen) atoms. The number of hydrogen-bond acceptors (Lipinski definition) is 3. The summed E-state index contributed by atoms with van der Waals surface area (Å²) >= 11 is 5.89. The Balaban J connectivity index is 1.47. The van der Waals surface area contributed by atoms with Crippen molar-refractivity contribution in [3.05, 3.63) is 29.3 Å². The zero-order valence-electron chi connectivity index (χ0n) is 16.4. The van der Waals surface area contributed by atoms with Gasteiger partial charge < -0.3 is 5.32 Å². The summed E-state index contributed by atoms with van der Waals surface area (Å²) in [6, 6.07) is 6.12. The fraction of sp³-hybridized carbons (Fsp3) is 0.667. The Morgan fingerprint density at radius 3 is 2.14 bits per heavy atom. The minimum atomic E-state index is -3.73. The van der Waals surface area contributed by atoms with E-state index >= 15 is 0 Å². The molecule has 4 saturated carbocycles. The van der Waals surface area contributed by atoms with Crippen molar-refractivity contribution in [2.45, 2.75) is 62.3 Å². The largest absolute Gasteiger partial charge is 0.349 e. The van der Waals surface area contributed by atoms with Crippen LogP contribution in [-0.2, 0) is 14.8 Å². The van der Waals surface area contributed by atoms with E-state index in [1.54, 1.807) is 12.1 Å². The van der Waals surface area contributed by atoms with Gasteiger partial charge in [-0.2, -0.15) is 4.31 Å². The lowest BCUT2D eigenvalue weighted by molar-refractivity contribution is -0.127. The standard InChI is InChI=1S/C21H29ClN2O3S/c1-2-7-24(28(26,27)19-5-3-18(22)4-6-19)14-20(25)23-21-11-15-8-16(12-21)10-17(9-15)13-21/h3-6,15-17H,2,7-14H2,1H3,(H,23,25). The van der Waals surface area contributed by atoms with Gasteiger partial charge in [-0.3, -0.25) is 4.79 Å². The molecule has 1 aromatic rings. The van der Waals surface area contributed by atoms with Gasteiger partial charge >= 0.3 is 0 Å². The number of carbonyl (C=O) groups excluding carboxylic acids is 1. The number of halogens is 1. The Hall–Kier alpha value is -1.11. The third-order valence-electron chi connectivity index (χ3n) is 6.69. The van der Waals surface area contributed by atoms with Crippen molar-refractivity contribution in [1.82, 2.24) is 9.62 Å². The lowest BCUT2D eigenvalue weighted by Gasteiger charge is -2.57. The molecule has 154 valence electrons. The Bertz CT molecular complexity index is 802. The third-order valence-corrected chi connectivity index (χ3v) is 8.80. The Morgan fingerprint density at radius 1 is 1.11 bits per heavy atom. The maximum atomic E-state index is 13.0. The van der Waals surface area contributed by atoms with Crippen LogP contribution in [0, 0.1) is 17.8 Å². The average molecular weight is 425 g/mol. The molecule has 0 spiro atoms. The molecule has 0 atom stereocenters. The summed E-state index contributed by atoms with van der Waals surface area (Å²) in [5.74, 6) is 2.02. The van der Waals surface area contributed by atoms with Gasteiger partial charge in [0.15, 0.2) is 0 Å². The van der Waals surface area contributed by atoms with Crippen LogP contribution in [0.4, 0.5) is 0 Å². The molecular formula is C21H29ClN2O3S. The van der Waals surface area contributed by atoms with Crippen LogP contribution in [0.1, 0.15) is 51.9 Å². The Kier molecular flexibility index (Phi) is 5.49. The Morgan fingerprint density at radius 2 is 1.64 bits per heavy atom. The van der Waals surface area contributed by atoms with E-state index in [0.29, 0.717) is 18.0 Å².